The number of nitrogens with one attached hydrogen (secondary N) is 2. The van der Waals surface area contributed by atoms with Gasteiger partial charge in [0.1, 0.15) is 0 Å². The van der Waals surface area contributed by atoms with Gasteiger partial charge >= 0.3 is 5.69 Å². The molecule has 0 fully saturated rings. The Morgan fingerprint density at radius 3 is 2.39 bits per heavy atom. The van der Waals surface area contributed by atoms with Gasteiger partial charge in [0.2, 0.25) is 5.91 Å². The van der Waals surface area contributed by atoms with E-state index in [9.17, 15) is 14.4 Å². The second-order valence-corrected chi connectivity index (χ2v) is 6.89. The number of imidazole rings is 1. The zero-order valence-electron chi connectivity index (χ0n) is 16.5. The Morgan fingerprint density at radius 2 is 1.68 bits per heavy atom. The summed E-state index contributed by atoms with van der Waals surface area (Å²) in [6.45, 7) is 3.82. The number of carbonyl (C=O) groups is 2. The summed E-state index contributed by atoms with van der Waals surface area (Å²) in [7, 11) is 3.41. The highest BCUT2D eigenvalue weighted by Gasteiger charge is 2.12. The number of hydrogen-bond acceptors (Lipinski definition) is 3. The Labute approximate surface area is 163 Å². The van der Waals surface area contributed by atoms with E-state index in [1.165, 1.54) is 4.57 Å². The molecule has 0 aliphatic carbocycles. The third-order valence-electron chi connectivity index (χ3n) is 4.78. The van der Waals surface area contributed by atoms with E-state index < -0.39 is 0 Å². The van der Waals surface area contributed by atoms with Gasteiger partial charge in [-0.25, -0.2) is 4.79 Å². The van der Waals surface area contributed by atoms with Crippen LogP contribution in [0.4, 0.5) is 11.4 Å². The summed E-state index contributed by atoms with van der Waals surface area (Å²) >= 11 is 0. The van der Waals surface area contributed by atoms with Crippen molar-refractivity contribution in [1.82, 2.24) is 9.13 Å². The van der Waals surface area contributed by atoms with Crippen LogP contribution in [0.1, 0.15) is 35.7 Å². The monoisotopic (exact) mass is 380 g/mol. The third-order valence-corrected chi connectivity index (χ3v) is 4.78. The number of carbonyl (C=O) groups excluding carboxylic acids is 2. The van der Waals surface area contributed by atoms with Gasteiger partial charge in [-0.05, 0) is 49.2 Å². The van der Waals surface area contributed by atoms with Gasteiger partial charge in [0.05, 0.1) is 11.0 Å². The Balaban J connectivity index is 1.85. The highest BCUT2D eigenvalue weighted by atomic mass is 16.2. The second kappa shape index (κ2) is 7.72. The molecule has 0 aliphatic heterocycles. The van der Waals surface area contributed by atoms with Crippen molar-refractivity contribution in [2.24, 2.45) is 14.1 Å². The Morgan fingerprint density at radius 1 is 0.964 bits per heavy atom. The smallest absolute Gasteiger partial charge is 0.326 e. The molecule has 1 heterocycles. The van der Waals surface area contributed by atoms with E-state index in [4.69, 9.17) is 0 Å². The molecule has 0 radical (unpaired) electrons. The van der Waals surface area contributed by atoms with E-state index in [0.717, 1.165) is 23.0 Å². The van der Waals surface area contributed by atoms with Crippen molar-refractivity contribution < 1.29 is 9.59 Å². The van der Waals surface area contributed by atoms with Crippen LogP contribution in [-0.4, -0.2) is 20.9 Å². The van der Waals surface area contributed by atoms with Crippen molar-refractivity contribution in [2.45, 2.75) is 26.7 Å². The van der Waals surface area contributed by atoms with Crippen molar-refractivity contribution in [2.75, 3.05) is 10.6 Å². The van der Waals surface area contributed by atoms with Crippen molar-refractivity contribution in [1.29, 1.82) is 0 Å². The van der Waals surface area contributed by atoms with E-state index in [0.29, 0.717) is 23.4 Å². The first-order valence-electron chi connectivity index (χ1n) is 9.19. The molecule has 7 heteroatoms. The van der Waals surface area contributed by atoms with Gasteiger partial charge in [-0.2, -0.15) is 0 Å². The Kier molecular flexibility index (Phi) is 5.35. The van der Waals surface area contributed by atoms with E-state index in [-0.39, 0.29) is 17.5 Å². The number of anilines is 2. The maximum absolute atomic E-state index is 12.7. The predicted molar refractivity (Wildman–Crippen MR) is 111 cm³/mol. The highest BCUT2D eigenvalue weighted by Crippen LogP contribution is 2.21. The van der Waals surface area contributed by atoms with Gasteiger partial charge in [-0.15, -0.1) is 0 Å². The molecule has 0 unspecified atom stereocenters. The molecule has 3 aromatic rings. The van der Waals surface area contributed by atoms with Crippen LogP contribution in [0.5, 0.6) is 0 Å². The van der Waals surface area contributed by atoms with Gasteiger partial charge < -0.3 is 10.6 Å². The van der Waals surface area contributed by atoms with Crippen molar-refractivity contribution in [3.8, 4) is 0 Å². The second-order valence-electron chi connectivity index (χ2n) is 6.89. The molecule has 2 aromatic carbocycles. The fourth-order valence-electron chi connectivity index (χ4n) is 3.13. The minimum absolute atomic E-state index is 0.0707. The summed E-state index contributed by atoms with van der Waals surface area (Å²) < 4.78 is 3.10. The average Bonchev–Trinajstić information content (AvgIpc) is 2.87. The lowest BCUT2D eigenvalue weighted by atomic mass is 10.1. The first kappa shape index (κ1) is 19.4. The van der Waals surface area contributed by atoms with E-state index in [1.807, 2.05) is 13.8 Å². The molecule has 1 aromatic heterocycles. The maximum Gasteiger partial charge on any atom is 0.328 e. The summed E-state index contributed by atoms with van der Waals surface area (Å²) in [5.41, 5.74) is 3.97. The Hall–Kier alpha value is -3.35. The number of aryl methyl sites for hydroxylation is 3. The largest absolute Gasteiger partial charge is 0.328 e. The van der Waals surface area contributed by atoms with Gasteiger partial charge in [-0.1, -0.05) is 13.0 Å². The number of hydrogen-bond donors (Lipinski definition) is 2. The van der Waals surface area contributed by atoms with Gasteiger partial charge in [0.25, 0.3) is 5.91 Å². The van der Waals surface area contributed by atoms with Gasteiger partial charge in [0.15, 0.2) is 0 Å². The number of fused-ring (bicyclic) bond motifs is 1. The Bertz CT molecular complexity index is 1120. The minimum Gasteiger partial charge on any atom is -0.326 e. The van der Waals surface area contributed by atoms with E-state index >= 15 is 0 Å². The van der Waals surface area contributed by atoms with Crippen LogP contribution in [0, 0.1) is 6.92 Å². The van der Waals surface area contributed by atoms with Gasteiger partial charge in [0, 0.05) is 37.5 Å². The van der Waals surface area contributed by atoms with Crippen LogP contribution in [0.3, 0.4) is 0 Å². The highest BCUT2D eigenvalue weighted by molar-refractivity contribution is 6.06. The lowest BCUT2D eigenvalue weighted by molar-refractivity contribution is -0.116. The zero-order valence-corrected chi connectivity index (χ0v) is 16.5. The molecule has 28 heavy (non-hydrogen) atoms. The number of rotatable bonds is 5. The SMILES string of the molecule is CCCC(=O)Nc1cc(C(=O)Nc2ccc3c(c2)n(C)c(=O)n3C)ccc1C. The van der Waals surface area contributed by atoms with Crippen LogP contribution in [0.15, 0.2) is 41.2 Å². The first-order chi connectivity index (χ1) is 13.3. The van der Waals surface area contributed by atoms with Crippen molar-refractivity contribution >= 4 is 34.2 Å². The molecule has 0 saturated carbocycles. The number of amides is 2. The summed E-state index contributed by atoms with van der Waals surface area (Å²) in [6.07, 6.45) is 1.20. The topological polar surface area (TPSA) is 85.1 Å². The molecule has 2 amide bonds. The van der Waals surface area contributed by atoms with Crippen LogP contribution in [-0.2, 0) is 18.9 Å². The number of aromatic nitrogens is 2. The van der Waals surface area contributed by atoms with Gasteiger partial charge in [-0.3, -0.25) is 18.7 Å². The molecule has 0 saturated heterocycles. The summed E-state index contributed by atoms with van der Waals surface area (Å²) in [5, 5.41) is 5.71. The molecule has 2 N–H and O–H groups in total. The minimum atomic E-state index is -0.286. The summed E-state index contributed by atoms with van der Waals surface area (Å²) in [6, 6.07) is 10.5. The fraction of sp³-hybridized carbons (Fsp3) is 0.286. The molecular weight excluding hydrogens is 356 g/mol. The van der Waals surface area contributed by atoms with Crippen molar-refractivity contribution in [3.05, 3.63) is 58.0 Å². The lowest BCUT2D eigenvalue weighted by Gasteiger charge is -2.11. The zero-order chi connectivity index (χ0) is 20.4. The fourth-order valence-corrected chi connectivity index (χ4v) is 3.13. The lowest BCUT2D eigenvalue weighted by Crippen LogP contribution is -2.19. The maximum atomic E-state index is 12.7. The first-order valence-corrected chi connectivity index (χ1v) is 9.19. The van der Waals surface area contributed by atoms with Crippen LogP contribution >= 0.6 is 0 Å². The number of nitrogens with zero attached hydrogens (tertiary/aromatic N) is 2. The molecule has 146 valence electrons. The van der Waals surface area contributed by atoms with E-state index in [2.05, 4.69) is 10.6 Å². The predicted octanol–water partition coefficient (Wildman–Crippen LogP) is 3.18. The summed E-state index contributed by atoms with van der Waals surface area (Å²) in [5.74, 6) is -0.357. The molecular formula is C21H24N4O3. The standard InChI is InChI=1S/C21H24N4O3/c1-5-6-19(26)23-16-11-14(8-7-13(16)2)20(27)22-15-9-10-17-18(12-15)25(4)21(28)24(17)3/h7-12H,5-6H2,1-4H3,(H,22,27)(H,23,26). The molecule has 0 spiro atoms. The van der Waals surface area contributed by atoms with Crippen LogP contribution < -0.4 is 16.3 Å². The summed E-state index contributed by atoms with van der Waals surface area (Å²) in [4.78, 5) is 36.6. The molecule has 7 nitrogen and oxygen atoms in total. The molecule has 3 rings (SSSR count). The van der Waals surface area contributed by atoms with E-state index in [1.54, 1.807) is 55.1 Å². The van der Waals surface area contributed by atoms with Crippen LogP contribution in [0.2, 0.25) is 0 Å². The molecule has 0 bridgehead atoms. The molecule has 0 aliphatic rings. The number of benzene rings is 2. The molecule has 0 atom stereocenters. The normalized spacial score (nSPS) is 10.9. The quantitative estimate of drug-likeness (QED) is 0.713. The van der Waals surface area contributed by atoms with Crippen LogP contribution in [0.25, 0.3) is 11.0 Å². The van der Waals surface area contributed by atoms with Crippen molar-refractivity contribution in [3.63, 3.8) is 0 Å². The average molecular weight is 380 g/mol. The third kappa shape index (κ3) is 3.69.